The van der Waals surface area contributed by atoms with Crippen molar-refractivity contribution in [3.8, 4) is 0 Å². The summed E-state index contributed by atoms with van der Waals surface area (Å²) in [6.07, 6.45) is 6.30. The fourth-order valence-corrected chi connectivity index (χ4v) is 1.00. The van der Waals surface area contributed by atoms with Crippen LogP contribution in [-0.2, 0) is 4.79 Å². The number of Topliss-reactive ketones (excluding diaryl/α,β-unsaturated/α-hetero) is 1. The van der Waals surface area contributed by atoms with Gasteiger partial charge in [0, 0.05) is 6.42 Å². The van der Waals surface area contributed by atoms with Crippen LogP contribution in [0.3, 0.4) is 0 Å². The second-order valence-electron chi connectivity index (χ2n) is 2.77. The molecule has 0 fully saturated rings. The minimum atomic E-state index is 0.235. The molecule has 0 rings (SSSR count). The lowest BCUT2D eigenvalue weighted by Crippen LogP contribution is -2.02. The molecule has 1 heteroatoms. The molecule has 0 N–H and O–H groups in total. The highest BCUT2D eigenvalue weighted by Gasteiger charge is 2.05. The quantitative estimate of drug-likeness (QED) is 0.535. The number of rotatable bonds is 6. The third-order valence-electron chi connectivity index (χ3n) is 1.62. The Morgan fingerprint density at radius 3 is 2.55 bits per heavy atom. The molecule has 0 aliphatic carbocycles. The van der Waals surface area contributed by atoms with Crippen LogP contribution < -0.4 is 0 Å². The Labute approximate surface area is 68.8 Å². The highest BCUT2D eigenvalue weighted by atomic mass is 16.1. The van der Waals surface area contributed by atoms with Crippen LogP contribution >= 0.6 is 0 Å². The van der Waals surface area contributed by atoms with E-state index in [1.165, 1.54) is 0 Å². The summed E-state index contributed by atoms with van der Waals surface area (Å²) >= 11 is 0. The van der Waals surface area contributed by atoms with Crippen LogP contribution in [0.2, 0.25) is 0 Å². The second kappa shape index (κ2) is 5.90. The fourth-order valence-electron chi connectivity index (χ4n) is 1.00. The van der Waals surface area contributed by atoms with Gasteiger partial charge in [0.25, 0.3) is 0 Å². The van der Waals surface area contributed by atoms with E-state index in [1.54, 1.807) is 6.92 Å². The normalized spacial score (nSPS) is 12.1. The summed E-state index contributed by atoms with van der Waals surface area (Å²) < 4.78 is 0. The van der Waals surface area contributed by atoms with Crippen molar-refractivity contribution in [1.29, 1.82) is 0 Å². The first kappa shape index (κ1) is 10.2. The molecule has 0 amide bonds. The highest BCUT2D eigenvalue weighted by molar-refractivity contribution is 5.75. The van der Waals surface area contributed by atoms with Crippen LogP contribution in [0.4, 0.5) is 0 Å². The van der Waals surface area contributed by atoms with E-state index in [2.05, 4.69) is 13.2 Å². The molecule has 0 bridgehead atoms. The van der Waals surface area contributed by atoms with Gasteiger partial charge in [-0.05, 0) is 25.7 Å². The van der Waals surface area contributed by atoms with Gasteiger partial charge in [0.2, 0.25) is 0 Å². The minimum Gasteiger partial charge on any atom is -0.300 e. The number of hydrogen-bond donors (Lipinski definition) is 0. The van der Waals surface area contributed by atoms with E-state index in [0.29, 0.717) is 12.3 Å². The Bertz CT molecular complexity index is 147. The predicted octanol–water partition coefficient (Wildman–Crippen LogP) is 2.73. The summed E-state index contributed by atoms with van der Waals surface area (Å²) in [5.41, 5.74) is 0. The third-order valence-corrected chi connectivity index (χ3v) is 1.62. The lowest BCUT2D eigenvalue weighted by molar-refractivity contribution is -0.117. The average Bonchev–Trinajstić information content (AvgIpc) is 1.97. The van der Waals surface area contributed by atoms with Crippen LogP contribution in [0.1, 0.15) is 26.2 Å². The molecule has 11 heavy (non-hydrogen) atoms. The summed E-state index contributed by atoms with van der Waals surface area (Å²) in [6.45, 7) is 8.92. The van der Waals surface area contributed by atoms with Crippen molar-refractivity contribution in [3.63, 3.8) is 0 Å². The van der Waals surface area contributed by atoms with Gasteiger partial charge in [-0.1, -0.05) is 12.2 Å². The molecule has 1 atom stereocenters. The number of carbonyl (C=O) groups is 1. The van der Waals surface area contributed by atoms with Crippen molar-refractivity contribution in [3.05, 3.63) is 25.3 Å². The molecule has 1 nitrogen and oxygen atoms in total. The van der Waals surface area contributed by atoms with Gasteiger partial charge in [-0.15, -0.1) is 13.2 Å². The van der Waals surface area contributed by atoms with E-state index >= 15 is 0 Å². The van der Waals surface area contributed by atoms with Crippen molar-refractivity contribution in [2.45, 2.75) is 26.2 Å². The molecule has 0 aliphatic rings. The fraction of sp³-hybridized carbons (Fsp3) is 0.500. The van der Waals surface area contributed by atoms with Crippen LogP contribution in [0.5, 0.6) is 0 Å². The lowest BCUT2D eigenvalue weighted by Gasteiger charge is -2.07. The Morgan fingerprint density at radius 1 is 1.55 bits per heavy atom. The minimum absolute atomic E-state index is 0.235. The molecule has 0 heterocycles. The molecule has 0 spiro atoms. The highest BCUT2D eigenvalue weighted by Crippen LogP contribution is 2.12. The van der Waals surface area contributed by atoms with Gasteiger partial charge in [-0.25, -0.2) is 0 Å². The standard InChI is InChI=1S/C10H16O/c1-4-6-7-10(5-2)8-9(3)11/h4-5,10H,1-2,6-8H2,3H3. The monoisotopic (exact) mass is 152 g/mol. The molecule has 0 aromatic heterocycles. The summed E-state index contributed by atoms with van der Waals surface area (Å²) in [5.74, 6) is 0.574. The maximum atomic E-state index is 10.7. The third kappa shape index (κ3) is 5.59. The van der Waals surface area contributed by atoms with Crippen molar-refractivity contribution >= 4 is 5.78 Å². The number of carbonyl (C=O) groups excluding carboxylic acids is 1. The van der Waals surface area contributed by atoms with Crippen LogP contribution in [0.25, 0.3) is 0 Å². The van der Waals surface area contributed by atoms with Crippen LogP contribution in [-0.4, -0.2) is 5.78 Å². The number of hydrogen-bond acceptors (Lipinski definition) is 1. The molecule has 0 radical (unpaired) electrons. The zero-order valence-corrected chi connectivity index (χ0v) is 7.18. The Hall–Kier alpha value is -0.850. The zero-order valence-electron chi connectivity index (χ0n) is 7.18. The van der Waals surface area contributed by atoms with E-state index in [9.17, 15) is 4.79 Å². The molecular weight excluding hydrogens is 136 g/mol. The van der Waals surface area contributed by atoms with Gasteiger partial charge < -0.3 is 4.79 Å². The van der Waals surface area contributed by atoms with Crippen LogP contribution in [0.15, 0.2) is 25.3 Å². The Morgan fingerprint density at radius 2 is 2.18 bits per heavy atom. The summed E-state index contributed by atoms with van der Waals surface area (Å²) in [6, 6.07) is 0. The molecule has 0 aliphatic heterocycles. The zero-order chi connectivity index (χ0) is 8.69. The SMILES string of the molecule is C=CCCC(C=C)CC(C)=O. The molecule has 1 unspecified atom stereocenters. The van der Waals surface area contributed by atoms with Gasteiger partial charge in [0.05, 0.1) is 0 Å². The maximum Gasteiger partial charge on any atom is 0.130 e. The lowest BCUT2D eigenvalue weighted by atomic mass is 9.98. The van der Waals surface area contributed by atoms with E-state index in [4.69, 9.17) is 0 Å². The molecular formula is C10H16O. The molecule has 0 saturated heterocycles. The van der Waals surface area contributed by atoms with Gasteiger partial charge in [0.15, 0.2) is 0 Å². The van der Waals surface area contributed by atoms with Gasteiger partial charge in [0.1, 0.15) is 5.78 Å². The van der Waals surface area contributed by atoms with Gasteiger partial charge >= 0.3 is 0 Å². The van der Waals surface area contributed by atoms with Crippen molar-refractivity contribution < 1.29 is 4.79 Å². The topological polar surface area (TPSA) is 17.1 Å². The molecule has 0 aromatic carbocycles. The van der Waals surface area contributed by atoms with E-state index in [-0.39, 0.29) is 5.78 Å². The molecule has 0 aromatic rings. The summed E-state index contributed by atoms with van der Waals surface area (Å²) in [4.78, 5) is 10.7. The summed E-state index contributed by atoms with van der Waals surface area (Å²) in [5, 5.41) is 0. The van der Waals surface area contributed by atoms with E-state index in [1.807, 2.05) is 12.2 Å². The smallest absolute Gasteiger partial charge is 0.130 e. The molecule has 62 valence electrons. The summed E-state index contributed by atoms with van der Waals surface area (Å²) in [7, 11) is 0. The predicted molar refractivity (Wildman–Crippen MR) is 48.4 cm³/mol. The number of ketones is 1. The first-order chi connectivity index (χ1) is 5.20. The van der Waals surface area contributed by atoms with Crippen LogP contribution in [0, 0.1) is 5.92 Å². The Kier molecular flexibility index (Phi) is 5.44. The van der Waals surface area contributed by atoms with Gasteiger partial charge in [-0.2, -0.15) is 0 Å². The Balaban J connectivity index is 3.65. The largest absolute Gasteiger partial charge is 0.300 e. The first-order valence-corrected chi connectivity index (χ1v) is 3.93. The maximum absolute atomic E-state index is 10.7. The van der Waals surface area contributed by atoms with Crippen molar-refractivity contribution in [2.75, 3.05) is 0 Å². The van der Waals surface area contributed by atoms with Crippen molar-refractivity contribution in [2.24, 2.45) is 5.92 Å². The van der Waals surface area contributed by atoms with Gasteiger partial charge in [-0.3, -0.25) is 0 Å². The van der Waals surface area contributed by atoms with E-state index in [0.717, 1.165) is 12.8 Å². The second-order valence-corrected chi connectivity index (χ2v) is 2.77. The molecule has 0 saturated carbocycles. The van der Waals surface area contributed by atoms with E-state index < -0.39 is 0 Å². The van der Waals surface area contributed by atoms with Crippen molar-refractivity contribution in [1.82, 2.24) is 0 Å². The average molecular weight is 152 g/mol. The number of allylic oxidation sites excluding steroid dienone is 2. The first-order valence-electron chi connectivity index (χ1n) is 3.93.